The number of alkyl halides is 1. The first-order valence-electron chi connectivity index (χ1n) is 8.46. The maximum absolute atomic E-state index is 6.72. The van der Waals surface area contributed by atoms with Gasteiger partial charge in [0, 0.05) is 10.7 Å². The van der Waals surface area contributed by atoms with Crippen molar-refractivity contribution >= 4 is 41.7 Å². The van der Waals surface area contributed by atoms with Crippen molar-refractivity contribution in [2.75, 3.05) is 5.33 Å². The standard InChI is InChI=1S/C19H32BrNOSSi/c1-14(12-20)9-10-18(22-24(7,8)19(4,5)6)15(2)11-17-13-23-16(3)21-17/h9,11,13,18H,10,12H2,1-8H3. The van der Waals surface area contributed by atoms with Crippen LogP contribution in [-0.2, 0) is 4.43 Å². The first-order chi connectivity index (χ1) is 11.0. The number of rotatable bonds is 7. The van der Waals surface area contributed by atoms with Gasteiger partial charge in [0.25, 0.3) is 0 Å². The van der Waals surface area contributed by atoms with Gasteiger partial charge in [-0.2, -0.15) is 0 Å². The summed E-state index contributed by atoms with van der Waals surface area (Å²) in [5.41, 5.74) is 3.64. The molecular weight excluding hydrogens is 398 g/mol. The van der Waals surface area contributed by atoms with E-state index in [4.69, 9.17) is 4.43 Å². The average molecular weight is 431 g/mol. The molecule has 1 atom stereocenters. The number of aryl methyl sites for hydroxylation is 1. The minimum absolute atomic E-state index is 0.113. The lowest BCUT2D eigenvalue weighted by molar-refractivity contribution is 0.217. The van der Waals surface area contributed by atoms with E-state index in [2.05, 4.69) is 86.2 Å². The molecule has 0 aromatic carbocycles. The van der Waals surface area contributed by atoms with Crippen LogP contribution in [0.1, 0.15) is 51.7 Å². The highest BCUT2D eigenvalue weighted by Gasteiger charge is 2.39. The van der Waals surface area contributed by atoms with E-state index in [1.54, 1.807) is 11.3 Å². The molecule has 1 aromatic rings. The summed E-state index contributed by atoms with van der Waals surface area (Å²) in [6.07, 6.45) is 5.49. The average Bonchev–Trinajstić information content (AvgIpc) is 2.86. The molecule has 2 nitrogen and oxygen atoms in total. The Morgan fingerprint density at radius 1 is 1.38 bits per heavy atom. The predicted octanol–water partition coefficient (Wildman–Crippen LogP) is 6.98. The molecule has 0 aliphatic heterocycles. The highest BCUT2D eigenvalue weighted by molar-refractivity contribution is 9.09. The summed E-state index contributed by atoms with van der Waals surface area (Å²) >= 11 is 5.22. The Balaban J connectivity index is 3.06. The number of thiazole rings is 1. The Hall–Kier alpha value is -0.233. The minimum Gasteiger partial charge on any atom is -0.410 e. The molecule has 0 radical (unpaired) electrons. The lowest BCUT2D eigenvalue weighted by Crippen LogP contribution is -2.44. The van der Waals surface area contributed by atoms with E-state index in [1.165, 1.54) is 11.1 Å². The molecule has 0 saturated heterocycles. The summed E-state index contributed by atoms with van der Waals surface area (Å²) in [4.78, 5) is 4.56. The maximum atomic E-state index is 6.72. The summed E-state index contributed by atoms with van der Waals surface area (Å²) in [6.45, 7) is 17.9. The molecule has 1 aromatic heterocycles. The van der Waals surface area contributed by atoms with Crippen LogP contribution < -0.4 is 0 Å². The quantitative estimate of drug-likeness (QED) is 0.265. The van der Waals surface area contributed by atoms with Gasteiger partial charge in [-0.1, -0.05) is 48.4 Å². The Morgan fingerprint density at radius 2 is 2.00 bits per heavy atom. The Morgan fingerprint density at radius 3 is 2.46 bits per heavy atom. The number of allylic oxidation sites excluding steroid dienone is 1. The number of hydrogen-bond donors (Lipinski definition) is 0. The van der Waals surface area contributed by atoms with Crippen LogP contribution in [0.25, 0.3) is 6.08 Å². The minimum atomic E-state index is -1.82. The molecule has 0 aliphatic carbocycles. The zero-order valence-corrected chi connectivity index (χ0v) is 19.8. The van der Waals surface area contributed by atoms with Gasteiger partial charge in [0.2, 0.25) is 0 Å². The Bertz CT molecular complexity index is 599. The summed E-state index contributed by atoms with van der Waals surface area (Å²) in [5.74, 6) is 0. The lowest BCUT2D eigenvalue weighted by atomic mass is 10.1. The van der Waals surface area contributed by atoms with Crippen LogP contribution in [0.5, 0.6) is 0 Å². The van der Waals surface area contributed by atoms with Crippen LogP contribution >= 0.6 is 27.3 Å². The summed E-state index contributed by atoms with van der Waals surface area (Å²) in [6, 6.07) is 0. The van der Waals surface area contributed by atoms with Crippen molar-refractivity contribution in [1.82, 2.24) is 4.98 Å². The van der Waals surface area contributed by atoms with Crippen molar-refractivity contribution in [1.29, 1.82) is 0 Å². The van der Waals surface area contributed by atoms with Crippen LogP contribution in [0, 0.1) is 6.92 Å². The van der Waals surface area contributed by atoms with Crippen LogP contribution in [0.4, 0.5) is 0 Å². The molecule has 1 unspecified atom stereocenters. The van der Waals surface area contributed by atoms with Crippen molar-refractivity contribution in [3.63, 3.8) is 0 Å². The van der Waals surface area contributed by atoms with Gasteiger partial charge in [0.1, 0.15) is 0 Å². The second kappa shape index (κ2) is 8.92. The number of nitrogens with zero attached hydrogens (tertiary/aromatic N) is 1. The van der Waals surface area contributed by atoms with E-state index >= 15 is 0 Å². The van der Waals surface area contributed by atoms with Crippen molar-refractivity contribution in [2.45, 2.75) is 72.2 Å². The molecule has 5 heteroatoms. The molecule has 0 aliphatic rings. The topological polar surface area (TPSA) is 22.1 Å². The molecule has 0 bridgehead atoms. The van der Waals surface area contributed by atoms with Crippen LogP contribution in [0.2, 0.25) is 18.1 Å². The molecule has 0 saturated carbocycles. The largest absolute Gasteiger partial charge is 0.410 e. The zero-order chi connectivity index (χ0) is 18.5. The van der Waals surface area contributed by atoms with Crippen molar-refractivity contribution in [2.24, 2.45) is 0 Å². The van der Waals surface area contributed by atoms with E-state index in [1.807, 2.05) is 6.92 Å². The monoisotopic (exact) mass is 429 g/mol. The lowest BCUT2D eigenvalue weighted by Gasteiger charge is -2.39. The number of halogens is 1. The molecule has 0 amide bonds. The second-order valence-electron chi connectivity index (χ2n) is 7.97. The molecule has 0 fully saturated rings. The van der Waals surface area contributed by atoms with Gasteiger partial charge in [-0.15, -0.1) is 11.3 Å². The van der Waals surface area contributed by atoms with Gasteiger partial charge in [0.05, 0.1) is 16.8 Å². The molecule has 0 spiro atoms. The van der Waals surface area contributed by atoms with Crippen LogP contribution in [-0.4, -0.2) is 24.7 Å². The first kappa shape index (κ1) is 21.8. The highest BCUT2D eigenvalue weighted by atomic mass is 79.9. The van der Waals surface area contributed by atoms with Crippen LogP contribution in [0.15, 0.2) is 22.6 Å². The third-order valence-corrected chi connectivity index (χ3v) is 10.8. The number of aromatic nitrogens is 1. The SMILES string of the molecule is CC(=CCC(O[Si](C)(C)C(C)(C)C)C(C)=Cc1csc(C)n1)CBr. The highest BCUT2D eigenvalue weighted by Crippen LogP contribution is 2.38. The molecule has 1 rings (SSSR count). The van der Waals surface area contributed by atoms with E-state index in [-0.39, 0.29) is 11.1 Å². The van der Waals surface area contributed by atoms with Gasteiger partial charge < -0.3 is 4.43 Å². The van der Waals surface area contributed by atoms with E-state index in [9.17, 15) is 0 Å². The van der Waals surface area contributed by atoms with Gasteiger partial charge in [0.15, 0.2) is 8.32 Å². The van der Waals surface area contributed by atoms with E-state index < -0.39 is 8.32 Å². The fourth-order valence-corrected chi connectivity index (χ4v) is 4.14. The number of hydrogen-bond acceptors (Lipinski definition) is 3. The summed E-state index contributed by atoms with van der Waals surface area (Å²) in [7, 11) is -1.82. The molecular formula is C19H32BrNOSSi. The summed E-state index contributed by atoms with van der Waals surface area (Å²) in [5, 5.41) is 4.33. The van der Waals surface area contributed by atoms with Crippen LogP contribution in [0.3, 0.4) is 0 Å². The predicted molar refractivity (Wildman–Crippen MR) is 115 cm³/mol. The zero-order valence-electron chi connectivity index (χ0n) is 16.4. The van der Waals surface area contributed by atoms with E-state index in [0.717, 1.165) is 22.5 Å². The van der Waals surface area contributed by atoms with Crippen molar-refractivity contribution < 1.29 is 4.43 Å². The summed E-state index contributed by atoms with van der Waals surface area (Å²) < 4.78 is 6.72. The normalized spacial score (nSPS) is 15.7. The fourth-order valence-electron chi connectivity index (χ4n) is 1.99. The Kier molecular flexibility index (Phi) is 8.11. The third-order valence-electron chi connectivity index (χ3n) is 4.65. The van der Waals surface area contributed by atoms with Gasteiger partial charge in [-0.3, -0.25) is 0 Å². The van der Waals surface area contributed by atoms with Gasteiger partial charge in [-0.25, -0.2) is 4.98 Å². The molecule has 0 N–H and O–H groups in total. The molecule has 24 heavy (non-hydrogen) atoms. The van der Waals surface area contributed by atoms with Gasteiger partial charge >= 0.3 is 0 Å². The maximum Gasteiger partial charge on any atom is 0.192 e. The molecule has 136 valence electrons. The molecule has 1 heterocycles. The second-order valence-corrected chi connectivity index (χ2v) is 14.3. The fraction of sp³-hybridized carbons (Fsp3) is 0.632. The van der Waals surface area contributed by atoms with Crippen molar-refractivity contribution in [3.8, 4) is 0 Å². The smallest absolute Gasteiger partial charge is 0.192 e. The third kappa shape index (κ3) is 6.58. The van der Waals surface area contributed by atoms with E-state index in [0.29, 0.717) is 0 Å². The first-order valence-corrected chi connectivity index (χ1v) is 13.4. The van der Waals surface area contributed by atoms with Gasteiger partial charge in [-0.05, 0) is 57.0 Å². The Labute approximate surface area is 161 Å². The van der Waals surface area contributed by atoms with Crippen molar-refractivity contribution in [3.05, 3.63) is 33.3 Å².